The average molecular weight is 434 g/mol. The molecule has 0 saturated carbocycles. The lowest BCUT2D eigenvalue weighted by molar-refractivity contribution is 0.315. The molecule has 0 bridgehead atoms. The number of nitrogens with one attached hydrogen (secondary N) is 3. The molecule has 8 heteroatoms. The van der Waals surface area contributed by atoms with Crippen LogP contribution in [-0.4, -0.2) is 60.2 Å². The predicted octanol–water partition coefficient (Wildman–Crippen LogP) is 3.01. The third-order valence-corrected chi connectivity index (χ3v) is 5.44. The molecular weight excluding hydrogens is 402 g/mol. The maximum absolute atomic E-state index is 8.12. The Morgan fingerprint density at radius 3 is 2.62 bits per heavy atom. The second-order valence-electron chi connectivity index (χ2n) is 9.14. The number of hydrogen-bond donors (Lipinski definition) is 3. The summed E-state index contributed by atoms with van der Waals surface area (Å²) in [5.74, 6) is 1.50. The molecule has 32 heavy (non-hydrogen) atoms. The Bertz CT molecular complexity index is 1130. The fourth-order valence-corrected chi connectivity index (χ4v) is 4.10. The average Bonchev–Trinajstić information content (AvgIpc) is 3.21. The Kier molecular flexibility index (Phi) is 5.97. The minimum Gasteiger partial charge on any atom is -0.494 e. The Morgan fingerprint density at radius 2 is 1.91 bits per heavy atom. The van der Waals surface area contributed by atoms with Crippen molar-refractivity contribution in [3.8, 4) is 0 Å². The summed E-state index contributed by atoms with van der Waals surface area (Å²) in [6.07, 6.45) is 4.46. The molecule has 168 valence electrons. The molecular formula is C24H31N7O. The molecule has 0 radical (unpaired) electrons. The number of fused-ring (bicyclic) bond motifs is 1. The van der Waals surface area contributed by atoms with E-state index in [1.807, 2.05) is 24.3 Å². The molecule has 0 aromatic carbocycles. The quantitative estimate of drug-likeness (QED) is 0.671. The van der Waals surface area contributed by atoms with E-state index >= 15 is 0 Å². The van der Waals surface area contributed by atoms with Gasteiger partial charge in [-0.1, -0.05) is 0 Å². The molecule has 1 atom stereocenters. The molecule has 0 aliphatic carbocycles. The zero-order valence-electron chi connectivity index (χ0n) is 19.4. The summed E-state index contributed by atoms with van der Waals surface area (Å²) in [5, 5.41) is 14.7. The molecule has 2 aliphatic heterocycles. The summed E-state index contributed by atoms with van der Waals surface area (Å²) in [7, 11) is 3.36. The monoisotopic (exact) mass is 433 g/mol. The summed E-state index contributed by atoms with van der Waals surface area (Å²) < 4.78 is 5.47. The number of dihydropyridines is 1. The van der Waals surface area contributed by atoms with Crippen LogP contribution in [0, 0.1) is 5.41 Å². The zero-order valence-corrected chi connectivity index (χ0v) is 19.4. The molecule has 2 aliphatic rings. The van der Waals surface area contributed by atoms with Gasteiger partial charge >= 0.3 is 0 Å². The number of allylic oxidation sites excluding steroid dienone is 2. The number of rotatable bonds is 5. The van der Waals surface area contributed by atoms with Gasteiger partial charge in [-0.15, -0.1) is 0 Å². The summed E-state index contributed by atoms with van der Waals surface area (Å²) in [4.78, 5) is 16.6. The molecule has 8 nitrogen and oxygen atoms in total. The third-order valence-electron chi connectivity index (χ3n) is 5.44. The van der Waals surface area contributed by atoms with Gasteiger partial charge in [0.05, 0.1) is 29.5 Å². The van der Waals surface area contributed by atoms with Crippen LogP contribution < -0.4 is 15.5 Å². The van der Waals surface area contributed by atoms with Crippen LogP contribution in [0.4, 0.5) is 5.82 Å². The van der Waals surface area contributed by atoms with E-state index in [1.165, 1.54) is 0 Å². The highest BCUT2D eigenvalue weighted by atomic mass is 16.5. The third kappa shape index (κ3) is 4.65. The first-order valence-corrected chi connectivity index (χ1v) is 10.9. The molecule has 0 amide bonds. The van der Waals surface area contributed by atoms with E-state index in [1.54, 1.807) is 26.4 Å². The van der Waals surface area contributed by atoms with E-state index in [9.17, 15) is 0 Å². The zero-order chi connectivity index (χ0) is 22.9. The lowest BCUT2D eigenvalue weighted by atomic mass is 10.1. The summed E-state index contributed by atoms with van der Waals surface area (Å²) in [6, 6.07) is 8.40. The van der Waals surface area contributed by atoms with Crippen molar-refractivity contribution in [3.05, 3.63) is 53.7 Å². The standard InChI is InChI=1S/C24H31N7O/c1-24(2,3)30-15-10-11-31(14-15)22-9-8-17-18(28-22)6-7-19(27-17)23-21(32-5)12-16(25)20(29-23)13-26-4/h6-9,12-13,15,25-26,30H,10-11,14H2,1-5H3/b20-13+,25-16?. The van der Waals surface area contributed by atoms with Gasteiger partial charge in [-0.25, -0.2) is 15.0 Å². The van der Waals surface area contributed by atoms with Crippen molar-refractivity contribution in [1.82, 2.24) is 20.6 Å². The van der Waals surface area contributed by atoms with Crippen molar-refractivity contribution in [2.75, 3.05) is 32.1 Å². The number of ether oxygens (including phenoxy) is 1. The van der Waals surface area contributed by atoms with Crippen LogP contribution in [0.5, 0.6) is 0 Å². The summed E-state index contributed by atoms with van der Waals surface area (Å²) >= 11 is 0. The molecule has 1 unspecified atom stereocenters. The van der Waals surface area contributed by atoms with E-state index in [4.69, 9.17) is 20.1 Å². The lowest BCUT2D eigenvalue weighted by Crippen LogP contribution is -2.44. The van der Waals surface area contributed by atoms with Gasteiger partial charge < -0.3 is 20.3 Å². The molecule has 2 aromatic heterocycles. The number of nitrogens with zero attached hydrogens (tertiary/aromatic N) is 4. The van der Waals surface area contributed by atoms with Gasteiger partial charge in [-0.2, -0.15) is 0 Å². The lowest BCUT2D eigenvalue weighted by Gasteiger charge is -2.26. The Hall–Kier alpha value is -3.26. The largest absolute Gasteiger partial charge is 0.494 e. The first kappa shape index (κ1) is 22.0. The van der Waals surface area contributed by atoms with E-state index in [0.29, 0.717) is 28.9 Å². The van der Waals surface area contributed by atoms with E-state index in [-0.39, 0.29) is 11.3 Å². The number of aromatic nitrogens is 2. The SMILES string of the molecule is CN/C=C1/N=C(c2ccc3nc(N4CCC(NC(C)(C)C)C4)ccc3n2)C(OC)=CC1=N. The van der Waals surface area contributed by atoms with Crippen molar-refractivity contribution in [2.24, 2.45) is 4.99 Å². The Labute approximate surface area is 189 Å². The fraction of sp³-hybridized carbons (Fsp3) is 0.417. The first-order chi connectivity index (χ1) is 15.3. The van der Waals surface area contributed by atoms with Crippen LogP contribution in [-0.2, 0) is 4.74 Å². The van der Waals surface area contributed by atoms with Gasteiger partial charge in [-0.3, -0.25) is 5.41 Å². The Balaban J connectivity index is 1.60. The van der Waals surface area contributed by atoms with Crippen molar-refractivity contribution in [3.63, 3.8) is 0 Å². The van der Waals surface area contributed by atoms with Crippen molar-refractivity contribution >= 4 is 28.3 Å². The van der Waals surface area contributed by atoms with Gasteiger partial charge in [-0.05, 0) is 51.5 Å². The first-order valence-electron chi connectivity index (χ1n) is 10.9. The number of aliphatic imine (C=N–C) groups is 1. The highest BCUT2D eigenvalue weighted by molar-refractivity contribution is 6.21. The maximum atomic E-state index is 8.12. The van der Waals surface area contributed by atoms with Crippen LogP contribution in [0.2, 0.25) is 0 Å². The van der Waals surface area contributed by atoms with Gasteiger partial charge in [0.2, 0.25) is 0 Å². The van der Waals surface area contributed by atoms with Crippen molar-refractivity contribution < 1.29 is 4.74 Å². The molecule has 3 N–H and O–H groups in total. The minimum atomic E-state index is 0.107. The fourth-order valence-electron chi connectivity index (χ4n) is 4.10. The highest BCUT2D eigenvalue weighted by Crippen LogP contribution is 2.24. The van der Waals surface area contributed by atoms with Gasteiger partial charge in [0, 0.05) is 44.0 Å². The molecule has 4 rings (SSSR count). The number of pyridine rings is 2. The molecule has 1 fully saturated rings. The van der Waals surface area contributed by atoms with E-state index in [2.05, 4.69) is 41.3 Å². The Morgan fingerprint density at radius 1 is 1.16 bits per heavy atom. The molecule has 4 heterocycles. The number of methoxy groups -OCH3 is 1. The second kappa shape index (κ2) is 8.70. The van der Waals surface area contributed by atoms with Crippen LogP contribution in [0.3, 0.4) is 0 Å². The number of hydrogen-bond acceptors (Lipinski definition) is 8. The van der Waals surface area contributed by atoms with Crippen LogP contribution >= 0.6 is 0 Å². The second-order valence-corrected chi connectivity index (χ2v) is 9.14. The summed E-state index contributed by atoms with van der Waals surface area (Å²) in [6.45, 7) is 8.55. The van der Waals surface area contributed by atoms with E-state index in [0.717, 1.165) is 36.4 Å². The van der Waals surface area contributed by atoms with Gasteiger partial charge in [0.1, 0.15) is 23.0 Å². The molecule has 0 spiro atoms. The summed E-state index contributed by atoms with van der Waals surface area (Å²) in [5.41, 5.74) is 3.86. The van der Waals surface area contributed by atoms with Crippen molar-refractivity contribution in [2.45, 2.75) is 38.8 Å². The van der Waals surface area contributed by atoms with Crippen molar-refractivity contribution in [1.29, 1.82) is 5.41 Å². The van der Waals surface area contributed by atoms with Crippen LogP contribution in [0.25, 0.3) is 11.0 Å². The molecule has 2 aromatic rings. The van der Waals surface area contributed by atoms with Gasteiger partial charge in [0.15, 0.2) is 0 Å². The van der Waals surface area contributed by atoms with Crippen LogP contribution in [0.1, 0.15) is 32.9 Å². The smallest absolute Gasteiger partial charge is 0.148 e. The van der Waals surface area contributed by atoms with Crippen LogP contribution in [0.15, 0.2) is 53.0 Å². The normalized spacial score (nSPS) is 20.5. The topological polar surface area (TPSA) is 98.5 Å². The molecule has 1 saturated heterocycles. The van der Waals surface area contributed by atoms with Gasteiger partial charge in [0.25, 0.3) is 0 Å². The van der Waals surface area contributed by atoms with E-state index < -0.39 is 0 Å². The highest BCUT2D eigenvalue weighted by Gasteiger charge is 2.27. The minimum absolute atomic E-state index is 0.107. The predicted molar refractivity (Wildman–Crippen MR) is 130 cm³/mol. The maximum Gasteiger partial charge on any atom is 0.148 e. The number of anilines is 1.